The van der Waals surface area contributed by atoms with E-state index in [1.54, 1.807) is 11.3 Å². The molecule has 0 saturated heterocycles. The summed E-state index contributed by atoms with van der Waals surface area (Å²) in [4.78, 5) is 19.8. The highest BCUT2D eigenvalue weighted by Crippen LogP contribution is 2.23. The fraction of sp³-hybridized carbons (Fsp3) is 0.360. The van der Waals surface area contributed by atoms with Crippen molar-refractivity contribution >= 4 is 17.2 Å². The molecule has 3 aromatic rings. The van der Waals surface area contributed by atoms with E-state index in [2.05, 4.69) is 33.8 Å². The van der Waals surface area contributed by atoms with Crippen LogP contribution in [0, 0.1) is 26.7 Å². The summed E-state index contributed by atoms with van der Waals surface area (Å²) < 4.78 is 5.99. The number of rotatable bonds is 8. The standard InChI is InChI=1S/C25H30N2O2S/c1-17(2)13-27(25(28)22-11-7-6-9-19(22)4)14-21-16-30-24(26-21)15-29-23-12-8-10-18(3)20(23)5/h6-12,16-17H,13-15H2,1-5H3. The summed E-state index contributed by atoms with van der Waals surface area (Å²) in [5.41, 5.74) is 5.03. The minimum absolute atomic E-state index is 0.0583. The van der Waals surface area contributed by atoms with Crippen molar-refractivity contribution in [3.05, 3.63) is 80.8 Å². The highest BCUT2D eigenvalue weighted by molar-refractivity contribution is 7.09. The Kier molecular flexibility index (Phi) is 7.27. The molecule has 1 aromatic heterocycles. The number of hydrogen-bond acceptors (Lipinski definition) is 4. The molecule has 0 aliphatic heterocycles. The van der Waals surface area contributed by atoms with E-state index in [-0.39, 0.29) is 5.91 Å². The Morgan fingerprint density at radius 3 is 2.53 bits per heavy atom. The van der Waals surface area contributed by atoms with Crippen LogP contribution < -0.4 is 4.74 Å². The molecule has 0 saturated carbocycles. The van der Waals surface area contributed by atoms with E-state index in [4.69, 9.17) is 9.72 Å². The number of ether oxygens (including phenoxy) is 1. The Balaban J connectivity index is 1.70. The van der Waals surface area contributed by atoms with Crippen molar-refractivity contribution in [3.8, 4) is 5.75 Å². The van der Waals surface area contributed by atoms with Crippen LogP contribution >= 0.6 is 11.3 Å². The maximum atomic E-state index is 13.2. The van der Waals surface area contributed by atoms with E-state index in [1.807, 2.05) is 53.6 Å². The third-order valence-electron chi connectivity index (χ3n) is 5.11. The van der Waals surface area contributed by atoms with Crippen LogP contribution in [-0.2, 0) is 13.2 Å². The van der Waals surface area contributed by atoms with E-state index >= 15 is 0 Å². The minimum atomic E-state index is 0.0583. The molecule has 0 fully saturated rings. The molecule has 0 atom stereocenters. The zero-order chi connectivity index (χ0) is 21.7. The molecule has 0 unspecified atom stereocenters. The maximum Gasteiger partial charge on any atom is 0.254 e. The van der Waals surface area contributed by atoms with Gasteiger partial charge in [0.25, 0.3) is 5.91 Å². The Hall–Kier alpha value is -2.66. The molecule has 2 aromatic carbocycles. The van der Waals surface area contributed by atoms with Crippen molar-refractivity contribution in [1.29, 1.82) is 0 Å². The van der Waals surface area contributed by atoms with Crippen molar-refractivity contribution in [1.82, 2.24) is 9.88 Å². The third kappa shape index (κ3) is 5.48. The SMILES string of the molecule is Cc1ccccc1C(=O)N(Cc1csc(COc2cccc(C)c2C)n1)CC(C)C. The van der Waals surface area contributed by atoms with Gasteiger partial charge in [0.1, 0.15) is 17.4 Å². The van der Waals surface area contributed by atoms with Crippen LogP contribution in [0.25, 0.3) is 0 Å². The highest BCUT2D eigenvalue weighted by Gasteiger charge is 2.20. The van der Waals surface area contributed by atoms with Crippen LogP contribution in [0.1, 0.15) is 51.6 Å². The number of hydrogen-bond donors (Lipinski definition) is 0. The minimum Gasteiger partial charge on any atom is -0.486 e. The number of benzene rings is 2. The number of carbonyl (C=O) groups excluding carboxylic acids is 1. The van der Waals surface area contributed by atoms with E-state index in [9.17, 15) is 4.79 Å². The van der Waals surface area contributed by atoms with Crippen molar-refractivity contribution in [3.63, 3.8) is 0 Å². The summed E-state index contributed by atoms with van der Waals surface area (Å²) >= 11 is 1.58. The molecule has 158 valence electrons. The smallest absolute Gasteiger partial charge is 0.254 e. The number of nitrogens with zero attached hydrogens (tertiary/aromatic N) is 2. The molecular formula is C25H30N2O2S. The molecular weight excluding hydrogens is 392 g/mol. The molecule has 4 nitrogen and oxygen atoms in total. The van der Waals surface area contributed by atoms with E-state index in [0.29, 0.717) is 25.6 Å². The normalized spacial score (nSPS) is 11.0. The predicted molar refractivity (Wildman–Crippen MR) is 123 cm³/mol. The van der Waals surface area contributed by atoms with Gasteiger partial charge in [-0.05, 0) is 55.5 Å². The second-order valence-electron chi connectivity index (χ2n) is 8.11. The lowest BCUT2D eigenvalue weighted by Crippen LogP contribution is -2.34. The molecule has 0 spiro atoms. The third-order valence-corrected chi connectivity index (χ3v) is 5.98. The van der Waals surface area contributed by atoms with Crippen LogP contribution in [0.15, 0.2) is 47.8 Å². The van der Waals surface area contributed by atoms with Crippen LogP contribution in [0.2, 0.25) is 0 Å². The van der Waals surface area contributed by atoms with Crippen molar-refractivity contribution < 1.29 is 9.53 Å². The molecule has 0 bridgehead atoms. The summed E-state index contributed by atoms with van der Waals surface area (Å²) in [5, 5.41) is 2.94. The summed E-state index contributed by atoms with van der Waals surface area (Å²) in [6, 6.07) is 13.8. The first kappa shape index (κ1) is 22.0. The molecule has 3 rings (SSSR count). The fourth-order valence-corrected chi connectivity index (χ4v) is 4.04. The van der Waals surface area contributed by atoms with Crippen LogP contribution in [0.5, 0.6) is 5.75 Å². The lowest BCUT2D eigenvalue weighted by atomic mass is 10.1. The van der Waals surface area contributed by atoms with Crippen LogP contribution in [-0.4, -0.2) is 22.3 Å². The van der Waals surface area contributed by atoms with Gasteiger partial charge in [-0.15, -0.1) is 11.3 Å². The fourth-order valence-electron chi connectivity index (χ4n) is 3.35. The van der Waals surface area contributed by atoms with Gasteiger partial charge in [0, 0.05) is 17.5 Å². The second-order valence-corrected chi connectivity index (χ2v) is 9.06. The molecule has 0 N–H and O–H groups in total. The summed E-state index contributed by atoms with van der Waals surface area (Å²) in [6.07, 6.45) is 0. The van der Waals surface area contributed by atoms with Gasteiger partial charge in [-0.3, -0.25) is 4.79 Å². The zero-order valence-electron chi connectivity index (χ0n) is 18.4. The quantitative estimate of drug-likeness (QED) is 0.451. The van der Waals surface area contributed by atoms with E-state index in [1.165, 1.54) is 5.56 Å². The van der Waals surface area contributed by atoms with Gasteiger partial charge in [0.05, 0.1) is 12.2 Å². The number of carbonyl (C=O) groups is 1. The Labute approximate surface area is 183 Å². The summed E-state index contributed by atoms with van der Waals surface area (Å²) in [7, 11) is 0. The van der Waals surface area contributed by atoms with Gasteiger partial charge in [-0.2, -0.15) is 0 Å². The maximum absolute atomic E-state index is 13.2. The predicted octanol–water partition coefficient (Wildman–Crippen LogP) is 5.95. The Morgan fingerprint density at radius 1 is 1.07 bits per heavy atom. The zero-order valence-corrected chi connectivity index (χ0v) is 19.3. The average molecular weight is 423 g/mol. The molecule has 5 heteroatoms. The first-order chi connectivity index (χ1) is 14.3. The van der Waals surface area contributed by atoms with Crippen LogP contribution in [0.3, 0.4) is 0 Å². The van der Waals surface area contributed by atoms with Gasteiger partial charge >= 0.3 is 0 Å². The number of amides is 1. The topological polar surface area (TPSA) is 42.4 Å². The molecule has 1 amide bonds. The van der Waals surface area contributed by atoms with Gasteiger partial charge in [-0.1, -0.05) is 44.2 Å². The van der Waals surface area contributed by atoms with Crippen molar-refractivity contribution in [2.45, 2.75) is 47.8 Å². The number of aromatic nitrogens is 1. The largest absolute Gasteiger partial charge is 0.486 e. The second kappa shape index (κ2) is 9.90. The molecule has 0 radical (unpaired) electrons. The monoisotopic (exact) mass is 422 g/mol. The first-order valence-electron chi connectivity index (χ1n) is 10.3. The van der Waals surface area contributed by atoms with Gasteiger partial charge in [-0.25, -0.2) is 4.98 Å². The van der Waals surface area contributed by atoms with Crippen molar-refractivity contribution in [2.75, 3.05) is 6.54 Å². The van der Waals surface area contributed by atoms with E-state index < -0.39 is 0 Å². The number of thiazole rings is 1. The highest BCUT2D eigenvalue weighted by atomic mass is 32.1. The Morgan fingerprint density at radius 2 is 1.80 bits per heavy atom. The molecule has 0 aliphatic rings. The number of aryl methyl sites for hydroxylation is 2. The van der Waals surface area contributed by atoms with E-state index in [0.717, 1.165) is 33.1 Å². The Bertz CT molecular complexity index is 1010. The van der Waals surface area contributed by atoms with Gasteiger partial charge < -0.3 is 9.64 Å². The van der Waals surface area contributed by atoms with Gasteiger partial charge in [0.15, 0.2) is 0 Å². The lowest BCUT2D eigenvalue weighted by molar-refractivity contribution is 0.0720. The van der Waals surface area contributed by atoms with Crippen molar-refractivity contribution in [2.24, 2.45) is 5.92 Å². The summed E-state index contributed by atoms with van der Waals surface area (Å²) in [5.74, 6) is 1.33. The molecule has 0 aliphatic carbocycles. The molecule has 30 heavy (non-hydrogen) atoms. The lowest BCUT2D eigenvalue weighted by Gasteiger charge is -2.24. The first-order valence-corrected chi connectivity index (χ1v) is 11.2. The average Bonchev–Trinajstić information content (AvgIpc) is 3.15. The van der Waals surface area contributed by atoms with Crippen LogP contribution in [0.4, 0.5) is 0 Å². The molecule has 1 heterocycles. The van der Waals surface area contributed by atoms with Gasteiger partial charge in [0.2, 0.25) is 0 Å². The summed E-state index contributed by atoms with van der Waals surface area (Å²) in [6.45, 7) is 12.0.